The summed E-state index contributed by atoms with van der Waals surface area (Å²) in [6.45, 7) is 6.43. The molecule has 0 bridgehead atoms. The van der Waals surface area contributed by atoms with Crippen molar-refractivity contribution in [3.63, 3.8) is 0 Å². The molecule has 3 heteroatoms. The van der Waals surface area contributed by atoms with Crippen LogP contribution in [0.3, 0.4) is 0 Å². The lowest BCUT2D eigenvalue weighted by molar-refractivity contribution is -0.122. The Labute approximate surface area is 85.9 Å². The van der Waals surface area contributed by atoms with E-state index in [2.05, 4.69) is 31.8 Å². The summed E-state index contributed by atoms with van der Waals surface area (Å²) >= 11 is 4.19. The van der Waals surface area contributed by atoms with Gasteiger partial charge < -0.3 is 5.32 Å². The van der Waals surface area contributed by atoms with Crippen LogP contribution in [0.2, 0.25) is 0 Å². The molecule has 0 spiro atoms. The van der Waals surface area contributed by atoms with Crippen LogP contribution in [-0.2, 0) is 4.79 Å². The molecule has 0 aliphatic heterocycles. The standard InChI is InChI=1S/C10H19NOS/c1-4-8(13)9(12)11-7-5-10(2,3)6-7/h7-8,13H,4-6H2,1-3H3,(H,11,12). The normalized spacial score (nSPS) is 23.4. The molecule has 1 rings (SSSR count). The van der Waals surface area contributed by atoms with Gasteiger partial charge in [-0.1, -0.05) is 20.8 Å². The highest BCUT2D eigenvalue weighted by atomic mass is 32.1. The van der Waals surface area contributed by atoms with Crippen molar-refractivity contribution in [1.29, 1.82) is 0 Å². The number of carbonyl (C=O) groups is 1. The molecule has 1 aliphatic carbocycles. The van der Waals surface area contributed by atoms with Gasteiger partial charge in [0.25, 0.3) is 0 Å². The fraction of sp³-hybridized carbons (Fsp3) is 0.900. The summed E-state index contributed by atoms with van der Waals surface area (Å²) in [7, 11) is 0. The number of rotatable bonds is 3. The van der Waals surface area contributed by atoms with Crippen LogP contribution in [0, 0.1) is 5.41 Å². The maximum absolute atomic E-state index is 11.4. The van der Waals surface area contributed by atoms with E-state index < -0.39 is 0 Å². The van der Waals surface area contributed by atoms with E-state index in [0.29, 0.717) is 11.5 Å². The Balaban J connectivity index is 2.24. The molecule has 0 heterocycles. The quantitative estimate of drug-likeness (QED) is 0.672. The highest BCUT2D eigenvalue weighted by molar-refractivity contribution is 7.81. The molecule has 1 unspecified atom stereocenters. The van der Waals surface area contributed by atoms with E-state index in [-0.39, 0.29) is 11.2 Å². The van der Waals surface area contributed by atoms with Crippen molar-refractivity contribution in [2.24, 2.45) is 5.41 Å². The Morgan fingerprint density at radius 2 is 2.15 bits per heavy atom. The highest BCUT2D eigenvalue weighted by Crippen LogP contribution is 2.39. The second-order valence-corrected chi connectivity index (χ2v) is 5.33. The largest absolute Gasteiger partial charge is 0.352 e. The van der Waals surface area contributed by atoms with Gasteiger partial charge in [-0.2, -0.15) is 12.6 Å². The minimum absolute atomic E-state index is 0.0892. The van der Waals surface area contributed by atoms with E-state index in [9.17, 15) is 4.79 Å². The van der Waals surface area contributed by atoms with Crippen molar-refractivity contribution in [3.8, 4) is 0 Å². The monoisotopic (exact) mass is 201 g/mol. The molecule has 0 saturated heterocycles. The molecule has 1 saturated carbocycles. The zero-order chi connectivity index (χ0) is 10.1. The minimum Gasteiger partial charge on any atom is -0.352 e. The van der Waals surface area contributed by atoms with Crippen LogP contribution >= 0.6 is 12.6 Å². The van der Waals surface area contributed by atoms with E-state index in [4.69, 9.17) is 0 Å². The second kappa shape index (κ2) is 3.91. The first-order chi connectivity index (χ1) is 5.94. The van der Waals surface area contributed by atoms with Gasteiger partial charge in [-0.3, -0.25) is 4.79 Å². The van der Waals surface area contributed by atoms with Crippen LogP contribution in [0.4, 0.5) is 0 Å². The number of hydrogen-bond donors (Lipinski definition) is 2. The smallest absolute Gasteiger partial charge is 0.233 e. The van der Waals surface area contributed by atoms with Crippen LogP contribution in [0.25, 0.3) is 0 Å². The fourth-order valence-corrected chi connectivity index (χ4v) is 1.93. The van der Waals surface area contributed by atoms with Crippen LogP contribution < -0.4 is 5.32 Å². The van der Waals surface area contributed by atoms with Gasteiger partial charge in [-0.05, 0) is 24.7 Å². The molecule has 0 radical (unpaired) electrons. The number of nitrogens with one attached hydrogen (secondary N) is 1. The predicted molar refractivity (Wildman–Crippen MR) is 58.0 cm³/mol. The third-order valence-electron chi connectivity index (χ3n) is 2.63. The Morgan fingerprint density at radius 3 is 2.54 bits per heavy atom. The van der Waals surface area contributed by atoms with Crippen molar-refractivity contribution < 1.29 is 4.79 Å². The van der Waals surface area contributed by atoms with E-state index in [0.717, 1.165) is 19.3 Å². The first-order valence-electron chi connectivity index (χ1n) is 4.93. The Morgan fingerprint density at radius 1 is 1.62 bits per heavy atom. The van der Waals surface area contributed by atoms with E-state index in [1.807, 2.05) is 6.92 Å². The van der Waals surface area contributed by atoms with Crippen LogP contribution in [0.5, 0.6) is 0 Å². The lowest BCUT2D eigenvalue weighted by atomic mass is 9.68. The first kappa shape index (κ1) is 10.9. The molecule has 76 valence electrons. The molecule has 0 aromatic rings. The molecule has 1 amide bonds. The second-order valence-electron chi connectivity index (χ2n) is 4.70. The first-order valence-corrected chi connectivity index (χ1v) is 5.45. The summed E-state index contributed by atoms with van der Waals surface area (Å²) < 4.78 is 0. The molecule has 13 heavy (non-hydrogen) atoms. The predicted octanol–water partition coefficient (Wildman–Crippen LogP) is 2.00. The summed E-state index contributed by atoms with van der Waals surface area (Å²) in [5.41, 5.74) is 0.427. The average molecular weight is 201 g/mol. The fourth-order valence-electron chi connectivity index (χ4n) is 1.86. The van der Waals surface area contributed by atoms with Gasteiger partial charge in [-0.25, -0.2) is 0 Å². The van der Waals surface area contributed by atoms with Gasteiger partial charge in [0.2, 0.25) is 5.91 Å². The van der Waals surface area contributed by atoms with Crippen molar-refractivity contribution in [1.82, 2.24) is 5.32 Å². The molecular formula is C10H19NOS. The third-order valence-corrected chi connectivity index (χ3v) is 3.23. The molecule has 2 nitrogen and oxygen atoms in total. The number of amides is 1. The summed E-state index contributed by atoms with van der Waals surface area (Å²) in [5.74, 6) is 0.0892. The van der Waals surface area contributed by atoms with Gasteiger partial charge in [0, 0.05) is 6.04 Å². The van der Waals surface area contributed by atoms with Crippen molar-refractivity contribution in [2.45, 2.75) is 51.3 Å². The number of thiol groups is 1. The van der Waals surface area contributed by atoms with Gasteiger partial charge >= 0.3 is 0 Å². The topological polar surface area (TPSA) is 29.1 Å². The number of carbonyl (C=O) groups excluding carboxylic acids is 1. The Kier molecular flexibility index (Phi) is 3.28. The SMILES string of the molecule is CCC(S)C(=O)NC1CC(C)(C)C1. The Hall–Kier alpha value is -0.180. The number of hydrogen-bond acceptors (Lipinski definition) is 2. The van der Waals surface area contributed by atoms with Gasteiger partial charge in [0.15, 0.2) is 0 Å². The average Bonchev–Trinajstić information content (AvgIpc) is 1.99. The zero-order valence-electron chi connectivity index (χ0n) is 8.63. The molecule has 1 N–H and O–H groups in total. The molecule has 1 atom stereocenters. The minimum atomic E-state index is -0.135. The van der Waals surface area contributed by atoms with Crippen LogP contribution in [-0.4, -0.2) is 17.2 Å². The molecule has 0 aromatic heterocycles. The Bertz CT molecular complexity index is 195. The van der Waals surface area contributed by atoms with Crippen molar-refractivity contribution in [2.75, 3.05) is 0 Å². The van der Waals surface area contributed by atoms with Gasteiger partial charge in [-0.15, -0.1) is 0 Å². The van der Waals surface area contributed by atoms with Gasteiger partial charge in [0.05, 0.1) is 5.25 Å². The summed E-state index contributed by atoms with van der Waals surface area (Å²) in [6, 6.07) is 0.392. The highest BCUT2D eigenvalue weighted by Gasteiger charge is 2.37. The van der Waals surface area contributed by atoms with Crippen LogP contribution in [0.15, 0.2) is 0 Å². The summed E-state index contributed by atoms with van der Waals surface area (Å²) in [4.78, 5) is 11.4. The van der Waals surface area contributed by atoms with Crippen molar-refractivity contribution in [3.05, 3.63) is 0 Å². The van der Waals surface area contributed by atoms with Crippen molar-refractivity contribution >= 4 is 18.5 Å². The zero-order valence-corrected chi connectivity index (χ0v) is 9.53. The maximum atomic E-state index is 11.4. The lowest BCUT2D eigenvalue weighted by Gasteiger charge is -2.43. The lowest BCUT2D eigenvalue weighted by Crippen LogP contribution is -2.50. The summed E-state index contributed by atoms with van der Waals surface area (Å²) in [5, 5.41) is 2.87. The summed E-state index contributed by atoms with van der Waals surface area (Å²) in [6.07, 6.45) is 3.00. The third kappa shape index (κ3) is 2.90. The van der Waals surface area contributed by atoms with E-state index in [1.165, 1.54) is 0 Å². The molecular weight excluding hydrogens is 182 g/mol. The van der Waals surface area contributed by atoms with E-state index in [1.54, 1.807) is 0 Å². The maximum Gasteiger partial charge on any atom is 0.233 e. The molecule has 1 fully saturated rings. The molecule has 1 aliphatic rings. The van der Waals surface area contributed by atoms with Gasteiger partial charge in [0.1, 0.15) is 0 Å². The van der Waals surface area contributed by atoms with Crippen LogP contribution in [0.1, 0.15) is 40.0 Å². The van der Waals surface area contributed by atoms with E-state index >= 15 is 0 Å². The molecule has 0 aromatic carbocycles.